The number of allylic oxidation sites excluding steroid dienone is 2. The predicted octanol–water partition coefficient (Wildman–Crippen LogP) is 6.68. The molecule has 0 unspecified atom stereocenters. The fourth-order valence-corrected chi connectivity index (χ4v) is 2.40. The van der Waals surface area contributed by atoms with Crippen LogP contribution in [0.2, 0.25) is 0 Å². The number of rotatable bonds is 9. The molecule has 0 aliphatic heterocycles. The molecule has 0 bridgehead atoms. The van der Waals surface area contributed by atoms with Crippen LogP contribution in [0.15, 0.2) is 60.7 Å². The van der Waals surface area contributed by atoms with E-state index in [1.54, 1.807) is 0 Å². The lowest BCUT2D eigenvalue weighted by atomic mass is 10.1. The Morgan fingerprint density at radius 2 is 1.33 bits per heavy atom. The van der Waals surface area contributed by atoms with Crippen LogP contribution in [0.3, 0.4) is 0 Å². The highest BCUT2D eigenvalue weighted by Crippen LogP contribution is 2.14. The van der Waals surface area contributed by atoms with Gasteiger partial charge in [0.05, 0.1) is 6.61 Å². The van der Waals surface area contributed by atoms with Crippen LogP contribution >= 0.6 is 0 Å². The van der Waals surface area contributed by atoms with Crippen LogP contribution in [0, 0.1) is 6.92 Å². The monoisotopic (exact) mass is 320 g/mol. The zero-order chi connectivity index (χ0) is 17.0. The van der Waals surface area contributed by atoms with Gasteiger partial charge in [0.1, 0.15) is 5.75 Å². The second-order valence-corrected chi connectivity index (χ2v) is 6.11. The number of ether oxygens (including phenoxy) is 1. The highest BCUT2D eigenvalue weighted by molar-refractivity contribution is 5.57. The minimum atomic E-state index is 0.814. The first-order chi connectivity index (χ1) is 11.8. The Morgan fingerprint density at radius 1 is 0.750 bits per heavy atom. The van der Waals surface area contributed by atoms with Gasteiger partial charge in [-0.3, -0.25) is 0 Å². The molecule has 24 heavy (non-hydrogen) atoms. The van der Waals surface area contributed by atoms with Crippen molar-refractivity contribution < 1.29 is 4.74 Å². The highest BCUT2D eigenvalue weighted by Gasteiger charge is 1.94. The molecular formula is C23H28O. The third kappa shape index (κ3) is 6.87. The zero-order valence-corrected chi connectivity index (χ0v) is 14.9. The SMILES string of the molecule is CCCCCCOc1ccc(/C=C/C=C/c2ccc(C)cc2)cc1. The Balaban J connectivity index is 1.77. The van der Waals surface area contributed by atoms with Crippen LogP contribution in [0.1, 0.15) is 49.3 Å². The molecule has 2 aromatic carbocycles. The first kappa shape index (κ1) is 18.1. The van der Waals surface area contributed by atoms with Crippen molar-refractivity contribution >= 4 is 12.2 Å². The van der Waals surface area contributed by atoms with Gasteiger partial charge in [-0.05, 0) is 36.6 Å². The van der Waals surface area contributed by atoms with Crippen molar-refractivity contribution in [3.8, 4) is 5.75 Å². The maximum Gasteiger partial charge on any atom is 0.119 e. The van der Waals surface area contributed by atoms with Gasteiger partial charge < -0.3 is 4.74 Å². The molecule has 2 aromatic rings. The lowest BCUT2D eigenvalue weighted by molar-refractivity contribution is 0.305. The van der Waals surface area contributed by atoms with E-state index in [0.717, 1.165) is 18.8 Å². The van der Waals surface area contributed by atoms with E-state index >= 15 is 0 Å². The van der Waals surface area contributed by atoms with Crippen molar-refractivity contribution in [2.24, 2.45) is 0 Å². The van der Waals surface area contributed by atoms with Gasteiger partial charge in [-0.25, -0.2) is 0 Å². The Labute approximate surface area is 146 Å². The summed E-state index contributed by atoms with van der Waals surface area (Å²) in [6.45, 7) is 5.14. The number of benzene rings is 2. The first-order valence-corrected chi connectivity index (χ1v) is 8.92. The molecule has 0 saturated heterocycles. The van der Waals surface area contributed by atoms with Crippen LogP contribution in [0.4, 0.5) is 0 Å². The first-order valence-electron chi connectivity index (χ1n) is 8.92. The van der Waals surface area contributed by atoms with Crippen molar-refractivity contribution in [1.29, 1.82) is 0 Å². The molecule has 1 nitrogen and oxygen atoms in total. The minimum Gasteiger partial charge on any atom is -0.494 e. The average Bonchev–Trinajstić information content (AvgIpc) is 2.61. The summed E-state index contributed by atoms with van der Waals surface area (Å²) in [6.07, 6.45) is 13.3. The van der Waals surface area contributed by atoms with Crippen LogP contribution in [-0.2, 0) is 0 Å². The summed E-state index contributed by atoms with van der Waals surface area (Å²) >= 11 is 0. The summed E-state index contributed by atoms with van der Waals surface area (Å²) in [4.78, 5) is 0. The Hall–Kier alpha value is -2.28. The smallest absolute Gasteiger partial charge is 0.119 e. The standard InChI is InChI=1S/C23H28O/c1-3-4-5-8-19-24-23-17-15-22(16-18-23)10-7-6-9-21-13-11-20(2)12-14-21/h6-7,9-18H,3-5,8,19H2,1-2H3/b9-6+,10-7+. The van der Waals surface area contributed by atoms with Crippen LogP contribution in [0.5, 0.6) is 5.75 Å². The largest absolute Gasteiger partial charge is 0.494 e. The average molecular weight is 320 g/mol. The molecule has 0 fully saturated rings. The lowest BCUT2D eigenvalue weighted by Gasteiger charge is -2.05. The van der Waals surface area contributed by atoms with Crippen molar-refractivity contribution in [2.45, 2.75) is 39.5 Å². The Kier molecular flexibility index (Phi) is 7.89. The number of unbranched alkanes of at least 4 members (excludes halogenated alkanes) is 3. The quantitative estimate of drug-likeness (QED) is 0.370. The fraction of sp³-hybridized carbons (Fsp3) is 0.304. The summed E-state index contributed by atoms with van der Waals surface area (Å²) in [5.74, 6) is 0.957. The van der Waals surface area contributed by atoms with Crippen molar-refractivity contribution in [1.82, 2.24) is 0 Å². The van der Waals surface area contributed by atoms with Gasteiger partial charge in [0, 0.05) is 0 Å². The molecule has 0 radical (unpaired) electrons. The molecule has 0 N–H and O–H groups in total. The zero-order valence-electron chi connectivity index (χ0n) is 14.9. The van der Waals surface area contributed by atoms with Crippen molar-refractivity contribution in [3.63, 3.8) is 0 Å². The summed E-state index contributed by atoms with van der Waals surface area (Å²) in [6, 6.07) is 16.8. The van der Waals surface area contributed by atoms with Gasteiger partial charge in [-0.1, -0.05) is 92.5 Å². The molecule has 0 saturated carbocycles. The van der Waals surface area contributed by atoms with E-state index in [-0.39, 0.29) is 0 Å². The third-order valence-electron chi connectivity index (χ3n) is 3.91. The fourth-order valence-electron chi connectivity index (χ4n) is 2.40. The molecule has 0 aromatic heterocycles. The second kappa shape index (κ2) is 10.5. The maximum atomic E-state index is 5.76. The number of hydrogen-bond donors (Lipinski definition) is 0. The molecule has 0 aliphatic carbocycles. The molecule has 0 spiro atoms. The summed E-state index contributed by atoms with van der Waals surface area (Å²) in [5.41, 5.74) is 3.69. The molecule has 126 valence electrons. The van der Waals surface area contributed by atoms with E-state index < -0.39 is 0 Å². The van der Waals surface area contributed by atoms with Crippen LogP contribution in [0.25, 0.3) is 12.2 Å². The van der Waals surface area contributed by atoms with Gasteiger partial charge in [0.25, 0.3) is 0 Å². The highest BCUT2D eigenvalue weighted by atomic mass is 16.5. The molecule has 1 heteroatoms. The van der Waals surface area contributed by atoms with Gasteiger partial charge in [0.15, 0.2) is 0 Å². The van der Waals surface area contributed by atoms with E-state index in [1.807, 2.05) is 12.1 Å². The van der Waals surface area contributed by atoms with Crippen molar-refractivity contribution in [2.75, 3.05) is 6.61 Å². The lowest BCUT2D eigenvalue weighted by Crippen LogP contribution is -1.96. The molecule has 0 aliphatic rings. The molecule has 2 rings (SSSR count). The normalized spacial score (nSPS) is 11.4. The van der Waals surface area contributed by atoms with Crippen LogP contribution < -0.4 is 4.74 Å². The summed E-state index contributed by atoms with van der Waals surface area (Å²) in [5, 5.41) is 0. The van der Waals surface area contributed by atoms with E-state index in [2.05, 4.69) is 74.5 Å². The van der Waals surface area contributed by atoms with Gasteiger partial charge >= 0.3 is 0 Å². The maximum absolute atomic E-state index is 5.76. The second-order valence-electron chi connectivity index (χ2n) is 6.11. The Morgan fingerprint density at radius 3 is 1.92 bits per heavy atom. The topological polar surface area (TPSA) is 9.23 Å². The predicted molar refractivity (Wildman–Crippen MR) is 105 cm³/mol. The molecule has 0 heterocycles. The van der Waals surface area contributed by atoms with Gasteiger partial charge in [-0.15, -0.1) is 0 Å². The van der Waals surface area contributed by atoms with E-state index in [0.29, 0.717) is 0 Å². The van der Waals surface area contributed by atoms with Crippen molar-refractivity contribution in [3.05, 3.63) is 77.4 Å². The van der Waals surface area contributed by atoms with Gasteiger partial charge in [0.2, 0.25) is 0 Å². The van der Waals surface area contributed by atoms with Gasteiger partial charge in [-0.2, -0.15) is 0 Å². The molecule has 0 atom stereocenters. The minimum absolute atomic E-state index is 0.814. The van der Waals surface area contributed by atoms with E-state index in [1.165, 1.54) is 36.0 Å². The summed E-state index contributed by atoms with van der Waals surface area (Å²) in [7, 11) is 0. The van der Waals surface area contributed by atoms with E-state index in [4.69, 9.17) is 4.74 Å². The molecular weight excluding hydrogens is 292 g/mol. The third-order valence-corrected chi connectivity index (χ3v) is 3.91. The van der Waals surface area contributed by atoms with E-state index in [9.17, 15) is 0 Å². The molecule has 0 amide bonds. The summed E-state index contributed by atoms with van der Waals surface area (Å²) < 4.78 is 5.76. The number of hydrogen-bond acceptors (Lipinski definition) is 1. The Bertz CT molecular complexity index is 633. The van der Waals surface area contributed by atoms with Crippen LogP contribution in [-0.4, -0.2) is 6.61 Å². The number of aryl methyl sites for hydroxylation is 1.